The summed E-state index contributed by atoms with van der Waals surface area (Å²) in [7, 11) is 4.06. The van der Waals surface area contributed by atoms with E-state index in [2.05, 4.69) is 26.1 Å². The van der Waals surface area contributed by atoms with Gasteiger partial charge in [-0.3, -0.25) is 4.79 Å². The maximum atomic E-state index is 11.1. The molecule has 0 aliphatic carbocycles. The van der Waals surface area contributed by atoms with Gasteiger partial charge in [0.25, 0.3) is 0 Å². The van der Waals surface area contributed by atoms with Crippen LogP contribution >= 0.6 is 15.9 Å². The summed E-state index contributed by atoms with van der Waals surface area (Å²) in [5.74, 6) is -0.0321. The highest BCUT2D eigenvalue weighted by Crippen LogP contribution is 2.10. The number of hydrogen-bond donors (Lipinski definition) is 1. The van der Waals surface area contributed by atoms with Crippen molar-refractivity contribution >= 4 is 27.5 Å². The second-order valence-corrected chi connectivity index (χ2v) is 4.18. The van der Waals surface area contributed by atoms with Crippen molar-refractivity contribution in [2.24, 2.45) is 0 Å². The van der Waals surface area contributed by atoms with Gasteiger partial charge in [0, 0.05) is 12.2 Å². The Bertz CT molecular complexity index is 322. The summed E-state index contributed by atoms with van der Waals surface area (Å²) in [4.78, 5) is 13.2. The molecule has 0 aliphatic heterocycles. The van der Waals surface area contributed by atoms with Crippen molar-refractivity contribution in [1.82, 2.24) is 4.90 Å². The predicted octanol–water partition coefficient (Wildman–Crippen LogP) is 2.08. The zero-order valence-electron chi connectivity index (χ0n) is 8.96. The molecule has 15 heavy (non-hydrogen) atoms. The van der Waals surface area contributed by atoms with Gasteiger partial charge in [-0.1, -0.05) is 28.1 Å². The van der Waals surface area contributed by atoms with Crippen LogP contribution in [0.3, 0.4) is 0 Å². The summed E-state index contributed by atoms with van der Waals surface area (Å²) in [5.41, 5.74) is 2.07. The average molecular weight is 271 g/mol. The minimum Gasteiger partial charge on any atom is -0.325 e. The Labute approximate surface area is 98.6 Å². The third kappa shape index (κ3) is 4.44. The fraction of sp³-hybridized carbons (Fsp3) is 0.364. The van der Waals surface area contributed by atoms with Crippen molar-refractivity contribution in [3.63, 3.8) is 0 Å². The normalized spacial score (nSPS) is 10.4. The van der Waals surface area contributed by atoms with Gasteiger partial charge >= 0.3 is 0 Å². The molecule has 0 atom stereocenters. The van der Waals surface area contributed by atoms with Gasteiger partial charge in [-0.25, -0.2) is 0 Å². The van der Waals surface area contributed by atoms with Crippen molar-refractivity contribution in [3.8, 4) is 0 Å². The maximum Gasteiger partial charge on any atom is 0.235 e. The lowest BCUT2D eigenvalue weighted by atomic mass is 10.2. The molecule has 0 bridgehead atoms. The van der Waals surface area contributed by atoms with E-state index in [0.717, 1.165) is 12.2 Å². The van der Waals surface area contributed by atoms with Crippen LogP contribution in [0, 0.1) is 0 Å². The second kappa shape index (κ2) is 5.88. The molecule has 0 saturated carbocycles. The number of carbonyl (C=O) groups excluding carboxylic acids is 1. The number of halogens is 1. The van der Waals surface area contributed by atoms with E-state index in [1.54, 1.807) is 0 Å². The number of nitrogens with zero attached hydrogens (tertiary/aromatic N) is 1. The van der Waals surface area contributed by atoms with Crippen molar-refractivity contribution in [2.45, 2.75) is 6.54 Å². The summed E-state index contributed by atoms with van der Waals surface area (Å²) < 4.78 is 0. The molecule has 1 amide bonds. The summed E-state index contributed by atoms with van der Waals surface area (Å²) in [6.07, 6.45) is 0. The summed E-state index contributed by atoms with van der Waals surface area (Å²) >= 11 is 3.10. The average Bonchev–Trinajstić information content (AvgIpc) is 2.20. The Morgan fingerprint density at radius 2 is 1.93 bits per heavy atom. The van der Waals surface area contributed by atoms with Crippen LogP contribution in [-0.2, 0) is 11.3 Å². The topological polar surface area (TPSA) is 32.3 Å². The molecule has 4 heteroatoms. The van der Waals surface area contributed by atoms with E-state index in [1.165, 1.54) is 5.56 Å². The van der Waals surface area contributed by atoms with Crippen LogP contribution in [0.15, 0.2) is 24.3 Å². The highest BCUT2D eigenvalue weighted by Gasteiger charge is 2.00. The number of carbonyl (C=O) groups is 1. The van der Waals surface area contributed by atoms with E-state index in [0.29, 0.717) is 5.33 Å². The second-order valence-electron chi connectivity index (χ2n) is 3.62. The summed E-state index contributed by atoms with van der Waals surface area (Å²) in [6, 6.07) is 7.87. The van der Waals surface area contributed by atoms with Crippen LogP contribution in [0.25, 0.3) is 0 Å². The molecule has 0 fully saturated rings. The van der Waals surface area contributed by atoms with Crippen LogP contribution in [0.1, 0.15) is 5.56 Å². The Morgan fingerprint density at radius 1 is 1.33 bits per heavy atom. The standard InChI is InChI=1S/C11H15BrN2O/c1-14(2)8-9-3-5-10(6-4-9)13-11(15)7-12/h3-6H,7-8H2,1-2H3,(H,13,15). The lowest BCUT2D eigenvalue weighted by Gasteiger charge is -2.10. The largest absolute Gasteiger partial charge is 0.325 e. The predicted molar refractivity (Wildman–Crippen MR) is 66.3 cm³/mol. The Hall–Kier alpha value is -0.870. The van der Waals surface area contributed by atoms with E-state index in [4.69, 9.17) is 0 Å². The Kier molecular flexibility index (Phi) is 4.78. The van der Waals surface area contributed by atoms with Gasteiger partial charge in [0.1, 0.15) is 0 Å². The van der Waals surface area contributed by atoms with Crippen LogP contribution < -0.4 is 5.32 Å². The minimum atomic E-state index is -0.0321. The number of hydrogen-bond acceptors (Lipinski definition) is 2. The molecule has 0 saturated heterocycles. The molecule has 0 heterocycles. The molecule has 0 unspecified atom stereocenters. The fourth-order valence-corrected chi connectivity index (χ4v) is 1.39. The molecule has 1 aromatic carbocycles. The van der Waals surface area contributed by atoms with E-state index < -0.39 is 0 Å². The number of benzene rings is 1. The molecule has 0 aromatic heterocycles. The van der Waals surface area contributed by atoms with Crippen molar-refractivity contribution in [1.29, 1.82) is 0 Å². The number of nitrogens with one attached hydrogen (secondary N) is 1. The van der Waals surface area contributed by atoms with Crippen molar-refractivity contribution in [2.75, 3.05) is 24.7 Å². The van der Waals surface area contributed by atoms with Crippen LogP contribution in [0.2, 0.25) is 0 Å². The number of alkyl halides is 1. The zero-order chi connectivity index (χ0) is 11.3. The SMILES string of the molecule is CN(C)Cc1ccc(NC(=O)CBr)cc1. The van der Waals surface area contributed by atoms with Gasteiger partial charge in [0.2, 0.25) is 5.91 Å². The van der Waals surface area contributed by atoms with Crippen LogP contribution in [0.4, 0.5) is 5.69 Å². The number of amides is 1. The van der Waals surface area contributed by atoms with Crippen molar-refractivity contribution < 1.29 is 4.79 Å². The highest BCUT2D eigenvalue weighted by atomic mass is 79.9. The number of rotatable bonds is 4. The van der Waals surface area contributed by atoms with Crippen LogP contribution in [-0.4, -0.2) is 30.2 Å². The maximum absolute atomic E-state index is 11.1. The van der Waals surface area contributed by atoms with Crippen molar-refractivity contribution in [3.05, 3.63) is 29.8 Å². The summed E-state index contributed by atoms with van der Waals surface area (Å²) in [6.45, 7) is 0.909. The van der Waals surface area contributed by atoms with E-state index in [1.807, 2.05) is 38.4 Å². The molecule has 82 valence electrons. The van der Waals surface area contributed by atoms with Crippen LogP contribution in [0.5, 0.6) is 0 Å². The van der Waals surface area contributed by atoms with E-state index >= 15 is 0 Å². The third-order valence-electron chi connectivity index (χ3n) is 1.86. The lowest BCUT2D eigenvalue weighted by molar-refractivity contribution is -0.113. The van der Waals surface area contributed by atoms with Gasteiger partial charge in [-0.15, -0.1) is 0 Å². The van der Waals surface area contributed by atoms with Gasteiger partial charge in [-0.2, -0.15) is 0 Å². The first-order valence-electron chi connectivity index (χ1n) is 4.71. The highest BCUT2D eigenvalue weighted by molar-refractivity contribution is 9.09. The molecule has 0 radical (unpaired) electrons. The zero-order valence-corrected chi connectivity index (χ0v) is 10.5. The third-order valence-corrected chi connectivity index (χ3v) is 2.37. The summed E-state index contributed by atoms with van der Waals surface area (Å²) in [5, 5.41) is 3.10. The number of anilines is 1. The first-order chi connectivity index (χ1) is 7.11. The molecule has 1 aromatic rings. The minimum absolute atomic E-state index is 0.0321. The fourth-order valence-electron chi connectivity index (χ4n) is 1.25. The quantitative estimate of drug-likeness (QED) is 0.850. The molecule has 3 nitrogen and oxygen atoms in total. The Balaban J connectivity index is 2.60. The molecular formula is C11H15BrN2O. The first kappa shape index (κ1) is 12.2. The van der Waals surface area contributed by atoms with Gasteiger partial charge < -0.3 is 10.2 Å². The molecule has 1 rings (SSSR count). The van der Waals surface area contributed by atoms with E-state index in [9.17, 15) is 4.79 Å². The van der Waals surface area contributed by atoms with Gasteiger partial charge in [0.05, 0.1) is 5.33 Å². The van der Waals surface area contributed by atoms with Gasteiger partial charge in [0.15, 0.2) is 0 Å². The first-order valence-corrected chi connectivity index (χ1v) is 5.83. The van der Waals surface area contributed by atoms with E-state index in [-0.39, 0.29) is 5.91 Å². The van der Waals surface area contributed by atoms with Gasteiger partial charge in [-0.05, 0) is 31.8 Å². The molecule has 1 N–H and O–H groups in total. The monoisotopic (exact) mass is 270 g/mol. The Morgan fingerprint density at radius 3 is 2.40 bits per heavy atom. The lowest BCUT2D eigenvalue weighted by Crippen LogP contribution is -2.13. The molecule has 0 spiro atoms. The molecular weight excluding hydrogens is 256 g/mol. The smallest absolute Gasteiger partial charge is 0.235 e. The molecule has 0 aliphatic rings.